The van der Waals surface area contributed by atoms with Crippen molar-refractivity contribution >= 4 is 35.2 Å². The molecule has 1 amide bonds. The molecule has 0 aromatic heterocycles. The van der Waals surface area contributed by atoms with E-state index in [9.17, 15) is 4.79 Å². The molecule has 2 aromatic rings. The summed E-state index contributed by atoms with van der Waals surface area (Å²) in [7, 11) is 0. The Morgan fingerprint density at radius 2 is 1.86 bits per heavy atom. The lowest BCUT2D eigenvalue weighted by Crippen LogP contribution is -2.21. The van der Waals surface area contributed by atoms with Crippen molar-refractivity contribution < 1.29 is 9.63 Å². The summed E-state index contributed by atoms with van der Waals surface area (Å²) >= 11 is 11.9. The number of hydrogen-bond acceptors (Lipinski definition) is 2. The maximum Gasteiger partial charge on any atom is 0.267 e. The molecule has 5 heteroatoms. The molecule has 0 aliphatic heterocycles. The van der Waals surface area contributed by atoms with Gasteiger partial charge in [0, 0.05) is 6.08 Å². The van der Waals surface area contributed by atoms with E-state index in [0.29, 0.717) is 22.2 Å². The van der Waals surface area contributed by atoms with Gasteiger partial charge in [0.2, 0.25) is 0 Å². The molecule has 2 rings (SSSR count). The van der Waals surface area contributed by atoms with Gasteiger partial charge >= 0.3 is 0 Å². The van der Waals surface area contributed by atoms with Gasteiger partial charge in [-0.1, -0.05) is 65.7 Å². The van der Waals surface area contributed by atoms with Crippen LogP contribution in [0, 0.1) is 0 Å². The van der Waals surface area contributed by atoms with Crippen LogP contribution in [0.3, 0.4) is 0 Å². The number of halogens is 2. The summed E-state index contributed by atoms with van der Waals surface area (Å²) in [4.78, 5) is 16.7. The minimum absolute atomic E-state index is 0.304. The molecule has 0 radical (unpaired) electrons. The SMILES string of the molecule is O=C(C=Cc1cccc(Cl)c1Cl)NOCc1ccccc1. The zero-order valence-corrected chi connectivity index (χ0v) is 12.6. The van der Waals surface area contributed by atoms with Crippen LogP contribution in [0.5, 0.6) is 0 Å². The minimum atomic E-state index is -0.373. The summed E-state index contributed by atoms with van der Waals surface area (Å²) < 4.78 is 0. The third-order valence-electron chi connectivity index (χ3n) is 2.65. The molecule has 1 N–H and O–H groups in total. The van der Waals surface area contributed by atoms with Gasteiger partial charge in [-0.2, -0.15) is 0 Å². The highest BCUT2D eigenvalue weighted by Gasteiger charge is 2.02. The lowest BCUT2D eigenvalue weighted by molar-refractivity contribution is -0.129. The highest BCUT2D eigenvalue weighted by molar-refractivity contribution is 6.42. The minimum Gasteiger partial charge on any atom is -0.269 e. The Kier molecular flexibility index (Phi) is 5.81. The summed E-state index contributed by atoms with van der Waals surface area (Å²) in [6.07, 6.45) is 2.91. The quantitative estimate of drug-likeness (QED) is 0.660. The number of carbonyl (C=O) groups is 1. The molecule has 0 spiro atoms. The number of hydroxylamine groups is 1. The van der Waals surface area contributed by atoms with Gasteiger partial charge in [0.15, 0.2) is 0 Å². The van der Waals surface area contributed by atoms with Gasteiger partial charge in [-0.15, -0.1) is 0 Å². The van der Waals surface area contributed by atoms with Gasteiger partial charge in [0.25, 0.3) is 5.91 Å². The predicted octanol–water partition coefficient (Wildman–Crippen LogP) is 4.25. The van der Waals surface area contributed by atoms with Crippen molar-refractivity contribution in [1.29, 1.82) is 0 Å². The number of carbonyl (C=O) groups excluding carboxylic acids is 1. The summed E-state index contributed by atoms with van der Waals surface area (Å²) in [6.45, 7) is 0.304. The number of benzene rings is 2. The number of hydrogen-bond donors (Lipinski definition) is 1. The smallest absolute Gasteiger partial charge is 0.267 e. The molecule has 0 atom stereocenters. The summed E-state index contributed by atoms with van der Waals surface area (Å²) in [6, 6.07) is 14.8. The molecule has 21 heavy (non-hydrogen) atoms. The van der Waals surface area contributed by atoms with E-state index in [4.69, 9.17) is 28.0 Å². The van der Waals surface area contributed by atoms with E-state index in [2.05, 4.69) is 5.48 Å². The standard InChI is InChI=1S/C16H13Cl2NO2/c17-14-8-4-7-13(16(14)18)9-10-15(20)19-21-11-12-5-2-1-3-6-12/h1-10H,11H2,(H,19,20). The Hall–Kier alpha value is -1.81. The van der Waals surface area contributed by atoms with E-state index in [1.165, 1.54) is 6.08 Å². The second-order valence-electron chi connectivity index (χ2n) is 4.22. The maximum absolute atomic E-state index is 11.6. The van der Waals surface area contributed by atoms with Crippen molar-refractivity contribution in [2.75, 3.05) is 0 Å². The van der Waals surface area contributed by atoms with E-state index in [0.717, 1.165) is 5.56 Å². The van der Waals surface area contributed by atoms with Crippen LogP contribution in [0.1, 0.15) is 11.1 Å². The van der Waals surface area contributed by atoms with Crippen LogP contribution in [-0.4, -0.2) is 5.91 Å². The average Bonchev–Trinajstić information content (AvgIpc) is 2.50. The molecular formula is C16H13Cl2NO2. The third kappa shape index (κ3) is 4.90. The topological polar surface area (TPSA) is 38.3 Å². The molecule has 0 fully saturated rings. The van der Waals surface area contributed by atoms with Crippen LogP contribution >= 0.6 is 23.2 Å². The fraction of sp³-hybridized carbons (Fsp3) is 0.0625. The van der Waals surface area contributed by atoms with Crippen molar-refractivity contribution in [2.24, 2.45) is 0 Å². The second kappa shape index (κ2) is 7.84. The Morgan fingerprint density at radius 1 is 1.10 bits per heavy atom. The lowest BCUT2D eigenvalue weighted by atomic mass is 10.2. The van der Waals surface area contributed by atoms with Gasteiger partial charge in [-0.3, -0.25) is 9.63 Å². The van der Waals surface area contributed by atoms with Crippen molar-refractivity contribution in [3.8, 4) is 0 Å². The van der Waals surface area contributed by atoms with Gasteiger partial charge in [-0.05, 0) is 23.3 Å². The molecule has 0 saturated heterocycles. The first kappa shape index (κ1) is 15.6. The first-order chi connectivity index (χ1) is 10.2. The number of rotatable bonds is 5. The summed E-state index contributed by atoms with van der Waals surface area (Å²) in [5, 5.41) is 0.855. The van der Waals surface area contributed by atoms with Crippen LogP contribution in [0.15, 0.2) is 54.6 Å². The molecule has 2 aromatic carbocycles. The first-order valence-corrected chi connectivity index (χ1v) is 7.00. The zero-order valence-electron chi connectivity index (χ0n) is 11.1. The fourth-order valence-electron chi connectivity index (χ4n) is 1.61. The van der Waals surface area contributed by atoms with Crippen LogP contribution in [0.2, 0.25) is 10.0 Å². The monoisotopic (exact) mass is 321 g/mol. The van der Waals surface area contributed by atoms with Crippen LogP contribution < -0.4 is 5.48 Å². The number of nitrogens with one attached hydrogen (secondary N) is 1. The normalized spacial score (nSPS) is 10.8. The van der Waals surface area contributed by atoms with Crippen molar-refractivity contribution in [1.82, 2.24) is 5.48 Å². The fourth-order valence-corrected chi connectivity index (χ4v) is 1.98. The van der Waals surface area contributed by atoms with E-state index in [1.807, 2.05) is 30.3 Å². The predicted molar refractivity (Wildman–Crippen MR) is 84.9 cm³/mol. The largest absolute Gasteiger partial charge is 0.269 e. The lowest BCUT2D eigenvalue weighted by Gasteiger charge is -2.03. The molecular weight excluding hydrogens is 309 g/mol. The van der Waals surface area contributed by atoms with Gasteiger partial charge in [-0.25, -0.2) is 5.48 Å². The third-order valence-corrected chi connectivity index (χ3v) is 3.48. The van der Waals surface area contributed by atoms with Gasteiger partial charge in [0.05, 0.1) is 16.7 Å². The molecule has 0 aliphatic carbocycles. The van der Waals surface area contributed by atoms with E-state index >= 15 is 0 Å². The Labute approximate surface area is 133 Å². The van der Waals surface area contributed by atoms with Crippen molar-refractivity contribution in [3.05, 3.63) is 75.8 Å². The average molecular weight is 322 g/mol. The molecule has 0 unspecified atom stereocenters. The Bertz CT molecular complexity index is 642. The first-order valence-electron chi connectivity index (χ1n) is 6.24. The van der Waals surface area contributed by atoms with Crippen LogP contribution in [0.25, 0.3) is 6.08 Å². The molecule has 3 nitrogen and oxygen atoms in total. The van der Waals surface area contributed by atoms with Gasteiger partial charge < -0.3 is 0 Å². The van der Waals surface area contributed by atoms with Crippen molar-refractivity contribution in [3.63, 3.8) is 0 Å². The van der Waals surface area contributed by atoms with Crippen LogP contribution in [-0.2, 0) is 16.2 Å². The second-order valence-corrected chi connectivity index (χ2v) is 5.00. The highest BCUT2D eigenvalue weighted by Crippen LogP contribution is 2.26. The van der Waals surface area contributed by atoms with E-state index < -0.39 is 0 Å². The summed E-state index contributed by atoms with van der Waals surface area (Å²) in [5.74, 6) is -0.373. The maximum atomic E-state index is 11.6. The van der Waals surface area contributed by atoms with E-state index in [1.54, 1.807) is 24.3 Å². The van der Waals surface area contributed by atoms with Gasteiger partial charge in [0.1, 0.15) is 0 Å². The number of amides is 1. The summed E-state index contributed by atoms with van der Waals surface area (Å²) in [5.41, 5.74) is 3.97. The zero-order chi connectivity index (χ0) is 15.1. The molecule has 0 bridgehead atoms. The highest BCUT2D eigenvalue weighted by atomic mass is 35.5. The molecule has 0 saturated carbocycles. The molecule has 0 aliphatic rings. The Morgan fingerprint density at radius 3 is 2.62 bits per heavy atom. The van der Waals surface area contributed by atoms with Crippen LogP contribution in [0.4, 0.5) is 0 Å². The molecule has 108 valence electrons. The van der Waals surface area contributed by atoms with E-state index in [-0.39, 0.29) is 5.91 Å². The molecule has 0 heterocycles. The van der Waals surface area contributed by atoms with Crippen molar-refractivity contribution in [2.45, 2.75) is 6.61 Å². The Balaban J connectivity index is 1.84.